The second-order valence-electron chi connectivity index (χ2n) is 8.59. The minimum atomic E-state index is -0.689. The fourth-order valence-electron chi connectivity index (χ4n) is 4.49. The molecule has 0 fully saturated rings. The number of benzene rings is 1. The first-order chi connectivity index (χ1) is 18.9. The third-order valence-corrected chi connectivity index (χ3v) is 8.14. The van der Waals surface area contributed by atoms with Crippen LogP contribution in [0.15, 0.2) is 90.6 Å². The Bertz CT molecular complexity index is 1720. The first kappa shape index (κ1) is 26.6. The molecule has 1 amide bonds. The molecule has 4 aromatic rings. The molecule has 0 radical (unpaired) electrons. The van der Waals surface area contributed by atoms with Crippen molar-refractivity contribution in [3.05, 3.63) is 97.1 Å². The van der Waals surface area contributed by atoms with Gasteiger partial charge < -0.3 is 14.1 Å². The van der Waals surface area contributed by atoms with E-state index in [1.165, 1.54) is 23.1 Å². The second kappa shape index (κ2) is 11.4. The average molecular weight is 562 g/mol. The van der Waals surface area contributed by atoms with Crippen molar-refractivity contribution in [2.24, 2.45) is 4.99 Å². The van der Waals surface area contributed by atoms with Gasteiger partial charge in [-0.15, -0.1) is 0 Å². The van der Waals surface area contributed by atoms with Gasteiger partial charge in [0.15, 0.2) is 15.1 Å². The van der Waals surface area contributed by atoms with Gasteiger partial charge in [0.05, 0.1) is 22.9 Å². The number of likely N-dealkylation sites (N-methyl/N-ethyl adjacent to an activating group) is 1. The van der Waals surface area contributed by atoms with E-state index in [4.69, 9.17) is 14.1 Å². The highest BCUT2D eigenvalue weighted by Gasteiger charge is 2.35. The highest BCUT2D eigenvalue weighted by Crippen LogP contribution is 2.36. The summed E-state index contributed by atoms with van der Waals surface area (Å²) in [5.74, 6) is 0.956. The molecule has 200 valence electrons. The van der Waals surface area contributed by atoms with Crippen LogP contribution in [-0.4, -0.2) is 45.5 Å². The number of hydrogen-bond acceptors (Lipinski definition) is 9. The van der Waals surface area contributed by atoms with E-state index >= 15 is 0 Å². The first-order valence-corrected chi connectivity index (χ1v) is 14.1. The Balaban J connectivity index is 1.63. The number of allylic oxidation sites excluding steroid dienone is 1. The van der Waals surface area contributed by atoms with Crippen molar-refractivity contribution in [1.29, 1.82) is 0 Å². The van der Waals surface area contributed by atoms with Crippen LogP contribution >= 0.6 is 23.1 Å². The van der Waals surface area contributed by atoms with Crippen LogP contribution in [0, 0.1) is 0 Å². The number of amides is 1. The number of ether oxygens (including phenoxy) is 1. The van der Waals surface area contributed by atoms with Crippen molar-refractivity contribution in [1.82, 2.24) is 19.4 Å². The van der Waals surface area contributed by atoms with Gasteiger partial charge in [-0.2, -0.15) is 0 Å². The van der Waals surface area contributed by atoms with E-state index in [0.717, 1.165) is 5.56 Å². The molecule has 11 heteroatoms. The highest BCUT2D eigenvalue weighted by molar-refractivity contribution is 7.99. The first-order valence-electron chi connectivity index (χ1n) is 12.4. The summed E-state index contributed by atoms with van der Waals surface area (Å²) < 4.78 is 13.6. The summed E-state index contributed by atoms with van der Waals surface area (Å²) in [5.41, 5.74) is 1.50. The lowest BCUT2D eigenvalue weighted by Gasteiger charge is -2.29. The number of carbonyl (C=O) groups is 1. The molecule has 5 rings (SSSR count). The predicted octanol–water partition coefficient (Wildman–Crippen LogP) is 3.65. The van der Waals surface area contributed by atoms with Gasteiger partial charge >= 0.3 is 0 Å². The second-order valence-corrected chi connectivity index (χ2v) is 10.6. The van der Waals surface area contributed by atoms with Crippen LogP contribution in [-0.2, 0) is 4.79 Å². The zero-order valence-electron chi connectivity index (χ0n) is 22.0. The SMILES string of the molecule is CCN(CC)C(=O)C1=C(C)N=c2s/c(=C\c3ccc(Sc4ncccn4)o3)c(=O)n2[C@H]1c1ccccc1OC. The lowest BCUT2D eigenvalue weighted by Crippen LogP contribution is -2.43. The van der Waals surface area contributed by atoms with Gasteiger partial charge in [-0.05, 0) is 56.8 Å². The molecule has 4 heterocycles. The van der Waals surface area contributed by atoms with Gasteiger partial charge in [0.25, 0.3) is 11.5 Å². The number of methoxy groups -OCH3 is 1. The van der Waals surface area contributed by atoms with Crippen LogP contribution in [0.25, 0.3) is 6.08 Å². The Morgan fingerprint density at radius 1 is 1.15 bits per heavy atom. The molecule has 0 spiro atoms. The lowest BCUT2D eigenvalue weighted by molar-refractivity contribution is -0.127. The number of furan rings is 1. The van der Waals surface area contributed by atoms with Crippen LogP contribution < -0.4 is 19.6 Å². The maximum Gasteiger partial charge on any atom is 0.271 e. The topological polar surface area (TPSA) is 103 Å². The van der Waals surface area contributed by atoms with Crippen molar-refractivity contribution in [2.45, 2.75) is 37.1 Å². The van der Waals surface area contributed by atoms with Crippen molar-refractivity contribution in [3.8, 4) is 5.75 Å². The third-order valence-electron chi connectivity index (χ3n) is 6.35. The quantitative estimate of drug-likeness (QED) is 0.303. The Morgan fingerprint density at radius 2 is 1.90 bits per heavy atom. The molecule has 0 N–H and O–H groups in total. The minimum Gasteiger partial charge on any atom is -0.496 e. The fourth-order valence-corrected chi connectivity index (χ4v) is 6.19. The summed E-state index contributed by atoms with van der Waals surface area (Å²) in [7, 11) is 1.58. The Morgan fingerprint density at radius 3 is 2.62 bits per heavy atom. The Hall–Kier alpha value is -3.96. The van der Waals surface area contributed by atoms with Gasteiger partial charge in [-0.1, -0.05) is 29.5 Å². The van der Waals surface area contributed by atoms with E-state index < -0.39 is 6.04 Å². The summed E-state index contributed by atoms with van der Waals surface area (Å²) in [6.45, 7) is 6.77. The number of aromatic nitrogens is 3. The Labute approximate surface area is 233 Å². The molecule has 0 saturated heterocycles. The van der Waals surface area contributed by atoms with Crippen LogP contribution in [0.5, 0.6) is 5.75 Å². The maximum absolute atomic E-state index is 13.9. The van der Waals surface area contributed by atoms with E-state index in [0.29, 0.717) is 55.5 Å². The van der Waals surface area contributed by atoms with Crippen LogP contribution in [0.2, 0.25) is 0 Å². The molecule has 0 aliphatic carbocycles. The number of para-hydroxylation sites is 1. The monoisotopic (exact) mass is 561 g/mol. The molecular formula is C28H27N5O4S2. The number of nitrogens with zero attached hydrogens (tertiary/aromatic N) is 5. The zero-order valence-corrected chi connectivity index (χ0v) is 23.6. The summed E-state index contributed by atoms with van der Waals surface area (Å²) in [4.78, 5) is 43.0. The minimum absolute atomic E-state index is 0.151. The van der Waals surface area contributed by atoms with Gasteiger partial charge in [0, 0.05) is 37.1 Å². The summed E-state index contributed by atoms with van der Waals surface area (Å²) in [6, 6.07) is 12.1. The lowest BCUT2D eigenvalue weighted by atomic mass is 9.94. The van der Waals surface area contributed by atoms with Gasteiger partial charge in [-0.25, -0.2) is 15.0 Å². The summed E-state index contributed by atoms with van der Waals surface area (Å²) in [5, 5.41) is 1.17. The molecule has 0 saturated carbocycles. The molecule has 9 nitrogen and oxygen atoms in total. The van der Waals surface area contributed by atoms with E-state index in [2.05, 4.69) is 9.97 Å². The molecule has 39 heavy (non-hydrogen) atoms. The van der Waals surface area contributed by atoms with E-state index in [1.807, 2.05) is 51.1 Å². The van der Waals surface area contributed by atoms with Gasteiger partial charge in [-0.3, -0.25) is 14.2 Å². The fraction of sp³-hybridized carbons (Fsp3) is 0.250. The molecule has 1 aliphatic heterocycles. The van der Waals surface area contributed by atoms with Crippen molar-refractivity contribution < 1.29 is 13.9 Å². The normalized spacial score (nSPS) is 15.2. The molecule has 3 aromatic heterocycles. The molecular weight excluding hydrogens is 534 g/mol. The zero-order chi connectivity index (χ0) is 27.5. The number of fused-ring (bicyclic) bond motifs is 1. The number of carbonyl (C=O) groups excluding carboxylic acids is 1. The predicted molar refractivity (Wildman–Crippen MR) is 150 cm³/mol. The van der Waals surface area contributed by atoms with Gasteiger partial charge in [0.1, 0.15) is 17.6 Å². The van der Waals surface area contributed by atoms with E-state index in [-0.39, 0.29) is 11.5 Å². The molecule has 1 atom stereocenters. The summed E-state index contributed by atoms with van der Waals surface area (Å²) in [6.07, 6.45) is 5.03. The van der Waals surface area contributed by atoms with Crippen molar-refractivity contribution in [3.63, 3.8) is 0 Å². The molecule has 1 aromatic carbocycles. The van der Waals surface area contributed by atoms with Gasteiger partial charge in [0.2, 0.25) is 0 Å². The van der Waals surface area contributed by atoms with E-state index in [9.17, 15) is 9.59 Å². The largest absolute Gasteiger partial charge is 0.496 e. The maximum atomic E-state index is 13.9. The number of hydrogen-bond donors (Lipinski definition) is 0. The van der Waals surface area contributed by atoms with Crippen LogP contribution in [0.3, 0.4) is 0 Å². The third kappa shape index (κ3) is 5.19. The number of rotatable bonds is 8. The van der Waals surface area contributed by atoms with Crippen LogP contribution in [0.1, 0.15) is 38.1 Å². The number of thiazole rings is 1. The smallest absolute Gasteiger partial charge is 0.271 e. The average Bonchev–Trinajstić information content (AvgIpc) is 3.52. The molecule has 0 bridgehead atoms. The molecule has 0 unspecified atom stereocenters. The highest BCUT2D eigenvalue weighted by atomic mass is 32.2. The Kier molecular flexibility index (Phi) is 7.80. The van der Waals surface area contributed by atoms with Crippen LogP contribution in [0.4, 0.5) is 0 Å². The van der Waals surface area contributed by atoms with Crippen molar-refractivity contribution >= 4 is 35.1 Å². The molecule has 1 aliphatic rings. The standard InChI is InChI=1S/C28H27N5O4S2/c1-5-32(6-2)26(35)23-17(3)31-28-33(24(23)19-10-7-8-11-20(19)36-4)25(34)21(38-28)16-18-12-13-22(37-18)39-27-29-14-9-15-30-27/h7-16,24H,5-6H2,1-4H3/b21-16-/t24-/m0/s1. The van der Waals surface area contributed by atoms with E-state index in [1.54, 1.807) is 47.2 Å². The van der Waals surface area contributed by atoms with Crippen molar-refractivity contribution in [2.75, 3.05) is 20.2 Å². The summed E-state index contributed by atoms with van der Waals surface area (Å²) >= 11 is 2.55.